The van der Waals surface area contributed by atoms with Crippen LogP contribution >= 0.6 is 0 Å². The predicted molar refractivity (Wildman–Crippen MR) is 85.6 cm³/mol. The standard InChI is InChI=1S/C18H12O3S/c19-22(20,13-7-2-1-3-8-13)17-12-6-10-15-14-9-4-5-11-16(14)21-18(15)17/h1-12H. The number of hydrogen-bond donors (Lipinski definition) is 0. The van der Waals surface area contributed by atoms with Gasteiger partial charge < -0.3 is 4.42 Å². The lowest BCUT2D eigenvalue weighted by molar-refractivity contribution is 0.592. The molecule has 0 fully saturated rings. The highest BCUT2D eigenvalue weighted by Crippen LogP contribution is 2.34. The lowest BCUT2D eigenvalue weighted by Crippen LogP contribution is -2.01. The van der Waals surface area contributed by atoms with Crippen LogP contribution in [0, 0.1) is 0 Å². The van der Waals surface area contributed by atoms with Crippen molar-refractivity contribution in [2.75, 3.05) is 0 Å². The summed E-state index contributed by atoms with van der Waals surface area (Å²) in [5.41, 5.74) is 1.10. The molecule has 3 aromatic carbocycles. The topological polar surface area (TPSA) is 47.3 Å². The Morgan fingerprint density at radius 2 is 1.36 bits per heavy atom. The van der Waals surface area contributed by atoms with E-state index >= 15 is 0 Å². The highest BCUT2D eigenvalue weighted by atomic mass is 32.2. The quantitative estimate of drug-likeness (QED) is 0.551. The molecule has 0 bridgehead atoms. The molecule has 0 saturated heterocycles. The van der Waals surface area contributed by atoms with E-state index in [1.165, 1.54) is 0 Å². The normalized spacial score (nSPS) is 12.0. The first kappa shape index (κ1) is 13.1. The first-order valence-corrected chi connectivity index (χ1v) is 8.37. The molecule has 4 aromatic rings. The second kappa shape index (κ2) is 4.71. The van der Waals surface area contributed by atoms with Gasteiger partial charge >= 0.3 is 0 Å². The molecule has 0 saturated carbocycles. The van der Waals surface area contributed by atoms with E-state index in [-0.39, 0.29) is 9.79 Å². The van der Waals surface area contributed by atoms with Crippen LogP contribution in [0.5, 0.6) is 0 Å². The number of furan rings is 1. The molecule has 1 aromatic heterocycles. The minimum absolute atomic E-state index is 0.201. The summed E-state index contributed by atoms with van der Waals surface area (Å²) in [4.78, 5) is 0.468. The van der Waals surface area contributed by atoms with Crippen molar-refractivity contribution in [1.82, 2.24) is 0 Å². The molecule has 0 amide bonds. The predicted octanol–water partition coefficient (Wildman–Crippen LogP) is 4.42. The van der Waals surface area contributed by atoms with Crippen molar-refractivity contribution in [1.29, 1.82) is 0 Å². The molecule has 0 aliphatic heterocycles. The lowest BCUT2D eigenvalue weighted by atomic mass is 10.1. The van der Waals surface area contributed by atoms with Crippen LogP contribution in [0.25, 0.3) is 21.9 Å². The van der Waals surface area contributed by atoms with Crippen LogP contribution in [-0.4, -0.2) is 8.42 Å². The van der Waals surface area contributed by atoms with Gasteiger partial charge in [-0.1, -0.05) is 48.5 Å². The first-order valence-electron chi connectivity index (χ1n) is 6.88. The molecular weight excluding hydrogens is 296 g/mol. The second-order valence-electron chi connectivity index (χ2n) is 5.05. The molecule has 3 nitrogen and oxygen atoms in total. The summed E-state index contributed by atoms with van der Waals surface area (Å²) in [6, 6.07) is 21.2. The molecule has 0 aliphatic carbocycles. The monoisotopic (exact) mass is 308 g/mol. The Bertz CT molecular complexity index is 1080. The number of rotatable bonds is 2. The fourth-order valence-corrected chi connectivity index (χ4v) is 4.08. The summed E-state index contributed by atoms with van der Waals surface area (Å²) >= 11 is 0. The molecule has 108 valence electrons. The fourth-order valence-electron chi connectivity index (χ4n) is 2.66. The van der Waals surface area contributed by atoms with Crippen molar-refractivity contribution in [2.45, 2.75) is 9.79 Å². The third-order valence-corrected chi connectivity index (χ3v) is 5.50. The van der Waals surface area contributed by atoms with Gasteiger partial charge in [-0.15, -0.1) is 0 Å². The van der Waals surface area contributed by atoms with E-state index in [1.54, 1.807) is 42.5 Å². The molecule has 0 radical (unpaired) electrons. The van der Waals surface area contributed by atoms with Gasteiger partial charge in [-0.3, -0.25) is 0 Å². The minimum Gasteiger partial charge on any atom is -0.455 e. The Balaban J connectivity index is 2.08. The van der Waals surface area contributed by atoms with E-state index in [2.05, 4.69) is 0 Å². The Kier molecular flexibility index (Phi) is 2.81. The Morgan fingerprint density at radius 3 is 2.18 bits per heavy atom. The summed E-state index contributed by atoms with van der Waals surface area (Å²) < 4.78 is 31.5. The van der Waals surface area contributed by atoms with E-state index in [0.717, 1.165) is 10.8 Å². The van der Waals surface area contributed by atoms with E-state index in [4.69, 9.17) is 4.42 Å². The zero-order chi connectivity index (χ0) is 15.2. The SMILES string of the molecule is O=S(=O)(c1ccccc1)c1cccc2c1oc1ccccc12. The van der Waals surface area contributed by atoms with Crippen LogP contribution in [-0.2, 0) is 9.84 Å². The molecule has 0 aliphatic rings. The molecule has 0 N–H and O–H groups in total. The van der Waals surface area contributed by atoms with Crippen LogP contribution < -0.4 is 0 Å². The Hall–Kier alpha value is -2.59. The van der Waals surface area contributed by atoms with Crippen LogP contribution in [0.4, 0.5) is 0 Å². The zero-order valence-corrected chi connectivity index (χ0v) is 12.4. The van der Waals surface area contributed by atoms with Crippen LogP contribution in [0.3, 0.4) is 0 Å². The maximum atomic E-state index is 12.9. The first-order chi connectivity index (χ1) is 10.7. The van der Waals surface area contributed by atoms with Gasteiger partial charge in [0, 0.05) is 10.8 Å². The third-order valence-electron chi connectivity index (χ3n) is 3.71. The Labute approximate surface area is 127 Å². The van der Waals surface area contributed by atoms with Gasteiger partial charge in [0.05, 0.1) is 4.90 Å². The number of fused-ring (bicyclic) bond motifs is 3. The smallest absolute Gasteiger partial charge is 0.210 e. The zero-order valence-electron chi connectivity index (χ0n) is 11.6. The van der Waals surface area contributed by atoms with Crippen molar-refractivity contribution >= 4 is 31.8 Å². The maximum Gasteiger partial charge on any atom is 0.210 e. The number of hydrogen-bond acceptors (Lipinski definition) is 3. The highest BCUT2D eigenvalue weighted by Gasteiger charge is 2.23. The van der Waals surface area contributed by atoms with Crippen LogP contribution in [0.15, 0.2) is 87.0 Å². The van der Waals surface area contributed by atoms with Crippen molar-refractivity contribution < 1.29 is 12.8 Å². The van der Waals surface area contributed by atoms with Crippen LogP contribution in [0.1, 0.15) is 0 Å². The summed E-state index contributed by atoms with van der Waals surface area (Å²) in [7, 11) is -3.61. The third kappa shape index (κ3) is 1.84. The summed E-state index contributed by atoms with van der Waals surface area (Å²) in [5, 5.41) is 1.73. The molecular formula is C18H12O3S. The van der Waals surface area contributed by atoms with Gasteiger partial charge in [-0.25, -0.2) is 8.42 Å². The van der Waals surface area contributed by atoms with Gasteiger partial charge in [0.2, 0.25) is 9.84 Å². The van der Waals surface area contributed by atoms with Crippen molar-refractivity contribution in [2.24, 2.45) is 0 Å². The summed E-state index contributed by atoms with van der Waals surface area (Å²) in [6.45, 7) is 0. The summed E-state index contributed by atoms with van der Waals surface area (Å²) in [5.74, 6) is 0. The molecule has 4 rings (SSSR count). The van der Waals surface area contributed by atoms with Crippen molar-refractivity contribution in [3.63, 3.8) is 0 Å². The van der Waals surface area contributed by atoms with E-state index in [0.29, 0.717) is 11.2 Å². The number of benzene rings is 3. The van der Waals surface area contributed by atoms with E-state index < -0.39 is 9.84 Å². The van der Waals surface area contributed by atoms with Gasteiger partial charge in [0.25, 0.3) is 0 Å². The van der Waals surface area contributed by atoms with E-state index in [1.807, 2.05) is 30.3 Å². The lowest BCUT2D eigenvalue weighted by Gasteiger charge is -2.04. The van der Waals surface area contributed by atoms with Gasteiger partial charge in [0.1, 0.15) is 10.5 Å². The van der Waals surface area contributed by atoms with Crippen LogP contribution in [0.2, 0.25) is 0 Å². The maximum absolute atomic E-state index is 12.9. The minimum atomic E-state index is -3.61. The largest absolute Gasteiger partial charge is 0.455 e. The Morgan fingerprint density at radius 1 is 0.682 bits per heavy atom. The molecule has 4 heteroatoms. The molecule has 22 heavy (non-hydrogen) atoms. The fraction of sp³-hybridized carbons (Fsp3) is 0. The second-order valence-corrected chi connectivity index (χ2v) is 6.97. The van der Waals surface area contributed by atoms with Gasteiger partial charge in [-0.05, 0) is 24.3 Å². The molecule has 0 unspecified atom stereocenters. The number of para-hydroxylation sites is 2. The van der Waals surface area contributed by atoms with Crippen molar-refractivity contribution in [3.8, 4) is 0 Å². The van der Waals surface area contributed by atoms with Gasteiger partial charge in [0.15, 0.2) is 5.58 Å². The van der Waals surface area contributed by atoms with Crippen molar-refractivity contribution in [3.05, 3.63) is 72.8 Å². The van der Waals surface area contributed by atoms with Gasteiger partial charge in [-0.2, -0.15) is 0 Å². The number of sulfone groups is 1. The molecule has 0 atom stereocenters. The highest BCUT2D eigenvalue weighted by molar-refractivity contribution is 7.91. The average molecular weight is 308 g/mol. The molecule has 0 spiro atoms. The van der Waals surface area contributed by atoms with E-state index in [9.17, 15) is 8.42 Å². The summed E-state index contributed by atoms with van der Waals surface area (Å²) in [6.07, 6.45) is 0. The molecule has 1 heterocycles. The average Bonchev–Trinajstić information content (AvgIpc) is 2.94.